The van der Waals surface area contributed by atoms with Crippen LogP contribution in [0.15, 0.2) is 30.9 Å². The number of carbonyl (C=O) groups is 1. The van der Waals surface area contributed by atoms with E-state index in [1.807, 2.05) is 25.1 Å². The van der Waals surface area contributed by atoms with Crippen LogP contribution in [0.4, 0.5) is 0 Å². The molecule has 17 heavy (non-hydrogen) atoms. The van der Waals surface area contributed by atoms with Gasteiger partial charge in [0.15, 0.2) is 0 Å². The van der Waals surface area contributed by atoms with Gasteiger partial charge in [-0.25, -0.2) is 0 Å². The van der Waals surface area contributed by atoms with Crippen molar-refractivity contribution < 1.29 is 9.53 Å². The van der Waals surface area contributed by atoms with Crippen molar-refractivity contribution in [3.8, 4) is 5.75 Å². The summed E-state index contributed by atoms with van der Waals surface area (Å²) in [5.41, 5.74) is 2.24. The zero-order valence-electron chi connectivity index (χ0n) is 10.7. The maximum atomic E-state index is 11.0. The Morgan fingerprint density at radius 3 is 2.59 bits per heavy atom. The summed E-state index contributed by atoms with van der Waals surface area (Å²) in [7, 11) is 0. The highest BCUT2D eigenvalue weighted by Crippen LogP contribution is 2.24. The lowest BCUT2D eigenvalue weighted by atomic mass is 9.97. The van der Waals surface area contributed by atoms with E-state index in [1.54, 1.807) is 0 Å². The molecule has 2 nitrogen and oxygen atoms in total. The SMILES string of the molecule is C=C[C](C)c1cc(CCC)cc(OC(C)=O)c1. The fraction of sp³-hybridized carbons (Fsp3) is 0.333. The van der Waals surface area contributed by atoms with E-state index < -0.39 is 0 Å². The highest BCUT2D eigenvalue weighted by molar-refractivity contribution is 5.69. The molecule has 1 rings (SSSR count). The van der Waals surface area contributed by atoms with Gasteiger partial charge in [0, 0.05) is 12.8 Å². The minimum Gasteiger partial charge on any atom is -0.427 e. The highest BCUT2D eigenvalue weighted by atomic mass is 16.5. The van der Waals surface area contributed by atoms with E-state index in [-0.39, 0.29) is 5.97 Å². The second kappa shape index (κ2) is 6.24. The number of aryl methyl sites for hydroxylation is 1. The predicted molar refractivity (Wildman–Crippen MR) is 70.0 cm³/mol. The molecule has 0 aliphatic carbocycles. The molecule has 0 saturated carbocycles. The molecule has 0 fully saturated rings. The van der Waals surface area contributed by atoms with Crippen molar-refractivity contribution in [2.24, 2.45) is 0 Å². The number of rotatable bonds is 5. The normalized spacial score (nSPS) is 10.4. The Labute approximate surface area is 103 Å². The Kier molecular flexibility index (Phi) is 4.95. The fourth-order valence-electron chi connectivity index (χ4n) is 1.66. The van der Waals surface area contributed by atoms with Gasteiger partial charge in [0.1, 0.15) is 5.75 Å². The first-order chi connectivity index (χ1) is 8.06. The maximum absolute atomic E-state index is 11.0. The smallest absolute Gasteiger partial charge is 0.308 e. The van der Waals surface area contributed by atoms with Crippen LogP contribution in [0.1, 0.15) is 38.3 Å². The van der Waals surface area contributed by atoms with Crippen molar-refractivity contribution in [3.05, 3.63) is 47.9 Å². The quantitative estimate of drug-likeness (QED) is 0.570. The van der Waals surface area contributed by atoms with Crippen LogP contribution in [0.25, 0.3) is 0 Å². The molecule has 1 radical (unpaired) electrons. The molecule has 1 aromatic carbocycles. The average molecular weight is 231 g/mol. The Hall–Kier alpha value is -1.57. The molecule has 0 aliphatic rings. The summed E-state index contributed by atoms with van der Waals surface area (Å²) in [5.74, 6) is 1.40. The van der Waals surface area contributed by atoms with Gasteiger partial charge in [0.05, 0.1) is 0 Å². The number of carbonyl (C=O) groups excluding carboxylic acids is 1. The van der Waals surface area contributed by atoms with Crippen LogP contribution in [0.2, 0.25) is 0 Å². The zero-order chi connectivity index (χ0) is 12.8. The minimum absolute atomic E-state index is 0.291. The van der Waals surface area contributed by atoms with Crippen LogP contribution < -0.4 is 4.74 Å². The molecule has 0 unspecified atom stereocenters. The highest BCUT2D eigenvalue weighted by Gasteiger charge is 2.08. The van der Waals surface area contributed by atoms with Crippen LogP contribution >= 0.6 is 0 Å². The summed E-state index contributed by atoms with van der Waals surface area (Å²) in [4.78, 5) is 11.0. The second-order valence-corrected chi connectivity index (χ2v) is 4.10. The molecule has 0 atom stereocenters. The molecular formula is C15H19O2. The topological polar surface area (TPSA) is 26.3 Å². The third kappa shape index (κ3) is 4.06. The second-order valence-electron chi connectivity index (χ2n) is 4.10. The first kappa shape index (κ1) is 13.5. The van der Waals surface area contributed by atoms with Gasteiger partial charge in [0.2, 0.25) is 0 Å². The summed E-state index contributed by atoms with van der Waals surface area (Å²) < 4.78 is 5.15. The first-order valence-electron chi connectivity index (χ1n) is 5.85. The van der Waals surface area contributed by atoms with E-state index in [9.17, 15) is 4.79 Å². The molecular weight excluding hydrogens is 212 g/mol. The summed E-state index contributed by atoms with van der Waals surface area (Å²) in [6, 6.07) is 5.91. The number of benzene rings is 1. The van der Waals surface area contributed by atoms with Gasteiger partial charge in [-0.3, -0.25) is 4.79 Å². The molecule has 91 valence electrons. The van der Waals surface area contributed by atoms with Gasteiger partial charge < -0.3 is 4.74 Å². The molecule has 0 aromatic heterocycles. The van der Waals surface area contributed by atoms with E-state index in [2.05, 4.69) is 19.6 Å². The van der Waals surface area contributed by atoms with E-state index >= 15 is 0 Å². The molecule has 0 aliphatic heterocycles. The van der Waals surface area contributed by atoms with Crippen molar-refractivity contribution in [1.29, 1.82) is 0 Å². The van der Waals surface area contributed by atoms with Gasteiger partial charge in [-0.15, -0.1) is 6.58 Å². The molecule has 0 spiro atoms. The van der Waals surface area contributed by atoms with Crippen molar-refractivity contribution in [3.63, 3.8) is 0 Å². The number of hydrogen-bond acceptors (Lipinski definition) is 2. The van der Waals surface area contributed by atoms with Crippen molar-refractivity contribution >= 4 is 5.97 Å². The van der Waals surface area contributed by atoms with Crippen molar-refractivity contribution in [2.75, 3.05) is 0 Å². The van der Waals surface area contributed by atoms with Crippen LogP contribution in [0.3, 0.4) is 0 Å². The Morgan fingerprint density at radius 2 is 2.06 bits per heavy atom. The van der Waals surface area contributed by atoms with Crippen molar-refractivity contribution in [2.45, 2.75) is 33.6 Å². The average Bonchev–Trinajstić information content (AvgIpc) is 2.27. The molecule has 0 saturated heterocycles. The lowest BCUT2D eigenvalue weighted by Crippen LogP contribution is -2.03. The first-order valence-corrected chi connectivity index (χ1v) is 5.85. The van der Waals surface area contributed by atoms with E-state index in [0.717, 1.165) is 24.3 Å². The Balaban J connectivity index is 3.08. The summed E-state index contributed by atoms with van der Waals surface area (Å²) in [6.07, 6.45) is 3.85. The van der Waals surface area contributed by atoms with E-state index in [1.165, 1.54) is 12.5 Å². The molecule has 1 aromatic rings. The van der Waals surface area contributed by atoms with E-state index in [0.29, 0.717) is 5.75 Å². The molecule has 0 bridgehead atoms. The predicted octanol–water partition coefficient (Wildman–Crippen LogP) is 3.69. The lowest BCUT2D eigenvalue weighted by Gasteiger charge is -2.11. The number of esters is 1. The molecule has 0 N–H and O–H groups in total. The Bertz CT molecular complexity index is 407. The molecule has 0 amide bonds. The lowest BCUT2D eigenvalue weighted by molar-refractivity contribution is -0.131. The van der Waals surface area contributed by atoms with Gasteiger partial charge in [0.25, 0.3) is 0 Å². The van der Waals surface area contributed by atoms with Crippen LogP contribution in [-0.4, -0.2) is 5.97 Å². The van der Waals surface area contributed by atoms with Crippen LogP contribution in [0, 0.1) is 5.92 Å². The van der Waals surface area contributed by atoms with Gasteiger partial charge >= 0.3 is 5.97 Å². The van der Waals surface area contributed by atoms with Gasteiger partial charge in [-0.2, -0.15) is 0 Å². The maximum Gasteiger partial charge on any atom is 0.308 e. The summed E-state index contributed by atoms with van der Waals surface area (Å²) in [5, 5.41) is 0. The Morgan fingerprint density at radius 1 is 1.35 bits per heavy atom. The fourth-order valence-corrected chi connectivity index (χ4v) is 1.66. The standard InChI is InChI=1S/C15H19O2/c1-5-7-13-8-14(11(3)6-2)10-15(9-13)17-12(4)16/h6,8-10H,2,5,7H2,1,3-4H3. The number of hydrogen-bond donors (Lipinski definition) is 0. The van der Waals surface area contributed by atoms with E-state index in [4.69, 9.17) is 4.74 Å². The third-order valence-corrected chi connectivity index (χ3v) is 2.53. The number of allylic oxidation sites excluding steroid dienone is 1. The molecule has 0 heterocycles. The van der Waals surface area contributed by atoms with Gasteiger partial charge in [-0.05, 0) is 29.7 Å². The van der Waals surface area contributed by atoms with Crippen LogP contribution in [-0.2, 0) is 11.2 Å². The summed E-state index contributed by atoms with van der Waals surface area (Å²) in [6.45, 7) is 9.29. The van der Waals surface area contributed by atoms with Crippen molar-refractivity contribution in [1.82, 2.24) is 0 Å². The molecule has 2 heteroatoms. The minimum atomic E-state index is -0.291. The van der Waals surface area contributed by atoms with Crippen LogP contribution in [0.5, 0.6) is 5.75 Å². The third-order valence-electron chi connectivity index (χ3n) is 2.53. The monoisotopic (exact) mass is 231 g/mol. The zero-order valence-corrected chi connectivity index (χ0v) is 10.7. The number of ether oxygens (including phenoxy) is 1. The van der Waals surface area contributed by atoms with Gasteiger partial charge in [-0.1, -0.05) is 32.4 Å². The summed E-state index contributed by atoms with van der Waals surface area (Å²) >= 11 is 0. The largest absolute Gasteiger partial charge is 0.427 e.